The molecule has 100 valence electrons. The maximum absolute atomic E-state index is 6.20. The Morgan fingerprint density at radius 1 is 1.11 bits per heavy atom. The molecule has 0 bridgehead atoms. The van der Waals surface area contributed by atoms with Crippen LogP contribution in [0.25, 0.3) is 11.3 Å². The van der Waals surface area contributed by atoms with Crippen LogP contribution in [0.4, 0.5) is 0 Å². The molecule has 0 aliphatic carbocycles. The lowest BCUT2D eigenvalue weighted by Crippen LogP contribution is -1.99. The van der Waals surface area contributed by atoms with Gasteiger partial charge < -0.3 is 0 Å². The smallest absolute Gasteiger partial charge is 0.136 e. The molecule has 0 aliphatic heterocycles. The molecule has 0 unspecified atom stereocenters. The average Bonchev–Trinajstić information content (AvgIpc) is 2.39. The van der Waals surface area contributed by atoms with Gasteiger partial charge in [-0.15, -0.1) is 0 Å². The average molecular weight is 275 g/mol. The second-order valence-electron chi connectivity index (χ2n) is 5.03. The van der Waals surface area contributed by atoms with Gasteiger partial charge in [0.15, 0.2) is 0 Å². The van der Waals surface area contributed by atoms with Gasteiger partial charge in [0.1, 0.15) is 11.5 Å². The van der Waals surface area contributed by atoms with E-state index in [1.165, 1.54) is 11.9 Å². The van der Waals surface area contributed by atoms with E-state index in [9.17, 15) is 0 Å². The third kappa shape index (κ3) is 3.13. The van der Waals surface area contributed by atoms with Crippen molar-refractivity contribution in [1.29, 1.82) is 0 Å². The minimum atomic E-state index is 0.305. The number of nitrogens with zero attached hydrogens (tertiary/aromatic N) is 2. The van der Waals surface area contributed by atoms with Gasteiger partial charge in [-0.1, -0.05) is 63.1 Å². The molecule has 0 atom stereocenters. The van der Waals surface area contributed by atoms with E-state index in [1.54, 1.807) is 0 Å². The molecule has 0 amide bonds. The lowest BCUT2D eigenvalue weighted by Gasteiger charge is -2.13. The maximum atomic E-state index is 6.20. The summed E-state index contributed by atoms with van der Waals surface area (Å²) in [5.41, 5.74) is 4.43. The van der Waals surface area contributed by atoms with E-state index in [0.29, 0.717) is 11.1 Å². The van der Waals surface area contributed by atoms with Gasteiger partial charge >= 0.3 is 0 Å². The highest BCUT2D eigenvalue weighted by molar-refractivity contribution is 6.30. The van der Waals surface area contributed by atoms with Crippen molar-refractivity contribution in [2.45, 2.75) is 39.5 Å². The van der Waals surface area contributed by atoms with Crippen LogP contribution in [0.1, 0.15) is 44.2 Å². The summed E-state index contributed by atoms with van der Waals surface area (Å²) in [5.74, 6) is 0.305. The largest absolute Gasteiger partial charge is 0.236 e. The Hall–Kier alpha value is -1.41. The second-order valence-corrected chi connectivity index (χ2v) is 5.39. The highest BCUT2D eigenvalue weighted by Crippen LogP contribution is 2.31. The van der Waals surface area contributed by atoms with Gasteiger partial charge in [-0.2, -0.15) is 0 Å². The Bertz CT molecular complexity index is 547. The maximum Gasteiger partial charge on any atom is 0.136 e. The van der Waals surface area contributed by atoms with E-state index in [-0.39, 0.29) is 0 Å². The fourth-order valence-electron chi connectivity index (χ4n) is 2.23. The van der Waals surface area contributed by atoms with Gasteiger partial charge in [0.25, 0.3) is 0 Å². The van der Waals surface area contributed by atoms with Gasteiger partial charge in [0.05, 0.1) is 5.69 Å². The molecule has 1 aromatic heterocycles. The Kier molecular flexibility index (Phi) is 4.54. The molecule has 0 spiro atoms. The first kappa shape index (κ1) is 14.0. The van der Waals surface area contributed by atoms with E-state index in [0.717, 1.165) is 29.7 Å². The van der Waals surface area contributed by atoms with E-state index < -0.39 is 0 Å². The van der Waals surface area contributed by atoms with Crippen molar-refractivity contribution < 1.29 is 0 Å². The van der Waals surface area contributed by atoms with Gasteiger partial charge in [-0.3, -0.25) is 0 Å². The predicted molar refractivity (Wildman–Crippen MR) is 80.6 cm³/mol. The minimum absolute atomic E-state index is 0.305. The number of rotatable bonds is 4. The number of hydrogen-bond donors (Lipinski definition) is 0. The summed E-state index contributed by atoms with van der Waals surface area (Å²) < 4.78 is 0. The Morgan fingerprint density at radius 2 is 1.79 bits per heavy atom. The molecule has 0 radical (unpaired) electrons. The topological polar surface area (TPSA) is 25.8 Å². The van der Waals surface area contributed by atoms with Crippen molar-refractivity contribution in [2.24, 2.45) is 0 Å². The molecular weight excluding hydrogens is 256 g/mol. The van der Waals surface area contributed by atoms with Crippen LogP contribution in [0.3, 0.4) is 0 Å². The highest BCUT2D eigenvalue weighted by Gasteiger charge is 2.14. The number of aromatic nitrogens is 2. The summed E-state index contributed by atoms with van der Waals surface area (Å²) in [6, 6.07) is 8.57. The van der Waals surface area contributed by atoms with Crippen LogP contribution < -0.4 is 0 Å². The van der Waals surface area contributed by atoms with Crippen LogP contribution in [0.15, 0.2) is 30.6 Å². The molecule has 0 N–H and O–H groups in total. The minimum Gasteiger partial charge on any atom is -0.236 e. The fraction of sp³-hybridized carbons (Fsp3) is 0.375. The standard InChI is InChI=1S/C16H19ClN2/c1-4-5-12-6-8-13(9-7-12)15-14(11(2)3)16(17)19-10-18-15/h6-11H,4-5H2,1-3H3. The van der Waals surface area contributed by atoms with E-state index in [4.69, 9.17) is 11.6 Å². The molecule has 19 heavy (non-hydrogen) atoms. The molecule has 0 fully saturated rings. The molecule has 0 aliphatic rings. The van der Waals surface area contributed by atoms with Crippen molar-refractivity contribution in [3.8, 4) is 11.3 Å². The summed E-state index contributed by atoms with van der Waals surface area (Å²) in [5, 5.41) is 0.553. The summed E-state index contributed by atoms with van der Waals surface area (Å²) in [6.45, 7) is 6.41. The molecule has 1 heterocycles. The first-order valence-electron chi connectivity index (χ1n) is 6.73. The molecule has 0 saturated carbocycles. The molecule has 2 aromatic rings. The van der Waals surface area contributed by atoms with Gasteiger partial charge in [0.2, 0.25) is 0 Å². The first-order valence-corrected chi connectivity index (χ1v) is 7.11. The van der Waals surface area contributed by atoms with Crippen LogP contribution in [0.5, 0.6) is 0 Å². The number of halogens is 1. The Balaban J connectivity index is 2.44. The van der Waals surface area contributed by atoms with E-state index >= 15 is 0 Å². The molecule has 1 aromatic carbocycles. The third-order valence-electron chi connectivity index (χ3n) is 3.18. The fourth-order valence-corrected chi connectivity index (χ4v) is 2.59. The zero-order chi connectivity index (χ0) is 13.8. The zero-order valence-corrected chi connectivity index (χ0v) is 12.4. The van der Waals surface area contributed by atoms with Crippen molar-refractivity contribution in [2.75, 3.05) is 0 Å². The lowest BCUT2D eigenvalue weighted by molar-refractivity contribution is 0.849. The van der Waals surface area contributed by atoms with Crippen LogP contribution in [-0.2, 0) is 6.42 Å². The van der Waals surface area contributed by atoms with Crippen molar-refractivity contribution in [3.63, 3.8) is 0 Å². The summed E-state index contributed by atoms with van der Waals surface area (Å²) in [6.07, 6.45) is 3.81. The van der Waals surface area contributed by atoms with Crippen LogP contribution >= 0.6 is 11.6 Å². The number of aryl methyl sites for hydroxylation is 1. The van der Waals surface area contributed by atoms with Crippen molar-refractivity contribution >= 4 is 11.6 Å². The van der Waals surface area contributed by atoms with Crippen LogP contribution in [0, 0.1) is 0 Å². The van der Waals surface area contributed by atoms with Gasteiger partial charge in [0, 0.05) is 11.1 Å². The van der Waals surface area contributed by atoms with Crippen LogP contribution in [-0.4, -0.2) is 9.97 Å². The third-order valence-corrected chi connectivity index (χ3v) is 3.48. The van der Waals surface area contributed by atoms with Gasteiger partial charge in [-0.05, 0) is 17.9 Å². The Labute approximate surface area is 119 Å². The zero-order valence-electron chi connectivity index (χ0n) is 11.7. The molecule has 2 rings (SSSR count). The summed E-state index contributed by atoms with van der Waals surface area (Å²) >= 11 is 6.20. The van der Waals surface area contributed by atoms with Crippen LogP contribution in [0.2, 0.25) is 5.15 Å². The lowest BCUT2D eigenvalue weighted by atomic mass is 9.97. The summed E-state index contributed by atoms with van der Waals surface area (Å²) in [4.78, 5) is 8.50. The molecule has 0 saturated heterocycles. The second kappa shape index (κ2) is 6.16. The van der Waals surface area contributed by atoms with Crippen molar-refractivity contribution in [3.05, 3.63) is 46.9 Å². The number of hydrogen-bond acceptors (Lipinski definition) is 2. The van der Waals surface area contributed by atoms with Gasteiger partial charge in [-0.25, -0.2) is 9.97 Å². The molecular formula is C16H19ClN2. The van der Waals surface area contributed by atoms with Crippen molar-refractivity contribution in [1.82, 2.24) is 9.97 Å². The predicted octanol–water partition coefficient (Wildman–Crippen LogP) is 4.87. The quantitative estimate of drug-likeness (QED) is 0.743. The normalized spacial score (nSPS) is 11.0. The van der Waals surface area contributed by atoms with E-state index in [2.05, 4.69) is 55.0 Å². The molecule has 2 nitrogen and oxygen atoms in total. The summed E-state index contributed by atoms with van der Waals surface area (Å²) in [7, 11) is 0. The number of benzene rings is 1. The first-order chi connectivity index (χ1) is 9.13. The Morgan fingerprint density at radius 3 is 2.37 bits per heavy atom. The SMILES string of the molecule is CCCc1ccc(-c2ncnc(Cl)c2C(C)C)cc1. The van der Waals surface area contributed by atoms with E-state index in [1.807, 2.05) is 0 Å². The molecule has 3 heteroatoms. The highest BCUT2D eigenvalue weighted by atomic mass is 35.5. The monoisotopic (exact) mass is 274 g/mol.